The Morgan fingerprint density at radius 1 is 1.62 bits per heavy atom. The van der Waals surface area contributed by atoms with Gasteiger partial charge in [0.05, 0.1) is 11.9 Å². The van der Waals surface area contributed by atoms with E-state index in [1.807, 2.05) is 0 Å². The average molecular weight is 225 g/mol. The largest absolute Gasteiger partial charge is 0.396 e. The normalized spacial score (nSPS) is 16.2. The van der Waals surface area contributed by atoms with Crippen LogP contribution in [0.2, 0.25) is 0 Å². The number of nitrogens with two attached hydrogens (primary N) is 1. The van der Waals surface area contributed by atoms with Crippen molar-refractivity contribution in [3.63, 3.8) is 0 Å². The number of aromatic nitrogens is 3. The highest BCUT2D eigenvalue weighted by atomic mass is 16.3. The molecule has 0 aromatic carbocycles. The number of hydrogen-bond donors (Lipinski definition) is 2. The van der Waals surface area contributed by atoms with Gasteiger partial charge in [-0.1, -0.05) is 5.21 Å². The van der Waals surface area contributed by atoms with E-state index < -0.39 is 0 Å². The number of amides is 1. The fourth-order valence-electron chi connectivity index (χ4n) is 1.64. The quantitative estimate of drug-likeness (QED) is 0.629. The van der Waals surface area contributed by atoms with E-state index in [1.54, 1.807) is 11.1 Å². The number of aliphatic hydroxyl groups excluding tert-OH is 1. The number of carbonyl (C=O) groups is 1. The Balaban J connectivity index is 1.83. The average Bonchev–Trinajstić information content (AvgIpc) is 2.64. The van der Waals surface area contributed by atoms with Crippen LogP contribution in [-0.4, -0.2) is 50.6 Å². The molecule has 2 rings (SSSR count). The molecule has 0 saturated carbocycles. The van der Waals surface area contributed by atoms with Crippen molar-refractivity contribution >= 4 is 5.91 Å². The van der Waals surface area contributed by atoms with Gasteiger partial charge < -0.3 is 15.7 Å². The Morgan fingerprint density at radius 2 is 2.38 bits per heavy atom. The summed E-state index contributed by atoms with van der Waals surface area (Å²) in [6.45, 7) is 1.92. The van der Waals surface area contributed by atoms with Crippen molar-refractivity contribution in [2.24, 2.45) is 11.7 Å². The highest BCUT2D eigenvalue weighted by molar-refractivity contribution is 5.76. The van der Waals surface area contributed by atoms with Crippen molar-refractivity contribution in [1.82, 2.24) is 19.9 Å². The maximum atomic E-state index is 11.7. The van der Waals surface area contributed by atoms with Crippen LogP contribution >= 0.6 is 0 Å². The Labute approximate surface area is 92.8 Å². The van der Waals surface area contributed by atoms with Gasteiger partial charge in [-0.15, -0.1) is 5.10 Å². The van der Waals surface area contributed by atoms with Gasteiger partial charge >= 0.3 is 0 Å². The van der Waals surface area contributed by atoms with E-state index in [2.05, 4.69) is 10.3 Å². The maximum Gasteiger partial charge on any atom is 0.244 e. The van der Waals surface area contributed by atoms with E-state index in [0.717, 1.165) is 0 Å². The number of carbonyl (C=O) groups excluding carboxylic acids is 1. The molecule has 88 valence electrons. The molecule has 7 heteroatoms. The molecule has 0 radical (unpaired) electrons. The number of likely N-dealkylation sites (tertiary alicyclic amines) is 1. The number of hydrogen-bond acceptors (Lipinski definition) is 5. The molecule has 3 N–H and O–H groups in total. The third-order valence-corrected chi connectivity index (χ3v) is 2.66. The first kappa shape index (κ1) is 11.0. The van der Waals surface area contributed by atoms with Gasteiger partial charge in [-0.05, 0) is 0 Å². The van der Waals surface area contributed by atoms with Gasteiger partial charge in [-0.3, -0.25) is 4.79 Å². The summed E-state index contributed by atoms with van der Waals surface area (Å²) in [5.74, 6) is 0.234. The van der Waals surface area contributed by atoms with Gasteiger partial charge in [-0.25, -0.2) is 4.68 Å². The zero-order chi connectivity index (χ0) is 11.5. The topological polar surface area (TPSA) is 97.3 Å². The summed E-state index contributed by atoms with van der Waals surface area (Å²) in [5, 5.41) is 16.4. The molecule has 7 nitrogen and oxygen atoms in total. The lowest BCUT2D eigenvalue weighted by molar-refractivity contribution is -0.139. The molecule has 16 heavy (non-hydrogen) atoms. The number of nitrogens with zero attached hydrogens (tertiary/aromatic N) is 4. The lowest BCUT2D eigenvalue weighted by Crippen LogP contribution is -2.52. The molecule has 0 aliphatic carbocycles. The van der Waals surface area contributed by atoms with E-state index in [9.17, 15) is 4.79 Å². The summed E-state index contributed by atoms with van der Waals surface area (Å²) in [5.41, 5.74) is 6.06. The first-order valence-corrected chi connectivity index (χ1v) is 5.20. The fourth-order valence-corrected chi connectivity index (χ4v) is 1.64. The third-order valence-electron chi connectivity index (χ3n) is 2.66. The van der Waals surface area contributed by atoms with E-state index in [-0.39, 0.29) is 25.0 Å². The first-order chi connectivity index (χ1) is 7.72. The lowest BCUT2D eigenvalue weighted by Gasteiger charge is -2.38. The van der Waals surface area contributed by atoms with Crippen molar-refractivity contribution < 1.29 is 9.90 Å². The van der Waals surface area contributed by atoms with Crippen molar-refractivity contribution in [2.75, 3.05) is 19.7 Å². The van der Waals surface area contributed by atoms with Gasteiger partial charge in [0.15, 0.2) is 0 Å². The number of aliphatic hydroxyl groups is 1. The molecular formula is C9H15N5O2. The standard InChI is InChI=1S/C9H15N5O2/c10-1-8-4-14(12-11-8)5-9(16)13-2-7(3-13)6-15/h4,7,15H,1-3,5-6,10H2. The highest BCUT2D eigenvalue weighted by Gasteiger charge is 2.29. The van der Waals surface area contributed by atoms with E-state index in [1.165, 1.54) is 4.68 Å². The Hall–Kier alpha value is -1.47. The molecule has 1 aromatic heterocycles. The molecule has 0 atom stereocenters. The van der Waals surface area contributed by atoms with Crippen LogP contribution in [0, 0.1) is 5.92 Å². The zero-order valence-electron chi connectivity index (χ0n) is 8.91. The molecule has 1 amide bonds. The summed E-state index contributed by atoms with van der Waals surface area (Å²) in [4.78, 5) is 13.4. The SMILES string of the molecule is NCc1cn(CC(=O)N2CC(CO)C2)nn1. The van der Waals surface area contributed by atoms with Crippen molar-refractivity contribution in [3.05, 3.63) is 11.9 Å². The summed E-state index contributed by atoms with van der Waals surface area (Å²) in [7, 11) is 0. The van der Waals surface area contributed by atoms with Gasteiger partial charge in [0.1, 0.15) is 6.54 Å². The Morgan fingerprint density at radius 3 is 2.94 bits per heavy atom. The van der Waals surface area contributed by atoms with Crippen LogP contribution in [-0.2, 0) is 17.9 Å². The van der Waals surface area contributed by atoms with Crippen LogP contribution in [0.15, 0.2) is 6.20 Å². The lowest BCUT2D eigenvalue weighted by atomic mass is 10.0. The van der Waals surface area contributed by atoms with Gasteiger partial charge in [-0.2, -0.15) is 0 Å². The molecule has 1 aromatic rings. The highest BCUT2D eigenvalue weighted by Crippen LogP contribution is 2.14. The molecule has 1 saturated heterocycles. The van der Waals surface area contributed by atoms with Gasteiger partial charge in [0, 0.05) is 32.2 Å². The van der Waals surface area contributed by atoms with Crippen LogP contribution in [0.5, 0.6) is 0 Å². The second-order valence-electron chi connectivity index (χ2n) is 3.96. The predicted molar refractivity (Wildman–Crippen MR) is 55.1 cm³/mol. The minimum Gasteiger partial charge on any atom is -0.396 e. The second-order valence-corrected chi connectivity index (χ2v) is 3.96. The smallest absolute Gasteiger partial charge is 0.244 e. The summed E-state index contributed by atoms with van der Waals surface area (Å²) >= 11 is 0. The van der Waals surface area contributed by atoms with Crippen LogP contribution < -0.4 is 5.73 Å². The minimum atomic E-state index is -0.00169. The van der Waals surface area contributed by atoms with Gasteiger partial charge in [0.2, 0.25) is 5.91 Å². The fraction of sp³-hybridized carbons (Fsp3) is 0.667. The Bertz CT molecular complexity index is 372. The molecule has 1 aliphatic rings. The molecule has 1 fully saturated rings. The van der Waals surface area contributed by atoms with Gasteiger partial charge in [0.25, 0.3) is 0 Å². The van der Waals surface area contributed by atoms with E-state index >= 15 is 0 Å². The first-order valence-electron chi connectivity index (χ1n) is 5.20. The molecular weight excluding hydrogens is 210 g/mol. The molecule has 2 heterocycles. The molecule has 0 spiro atoms. The molecule has 0 unspecified atom stereocenters. The van der Waals surface area contributed by atoms with Crippen LogP contribution in [0.1, 0.15) is 5.69 Å². The van der Waals surface area contributed by atoms with E-state index in [4.69, 9.17) is 10.8 Å². The van der Waals surface area contributed by atoms with Crippen LogP contribution in [0.25, 0.3) is 0 Å². The predicted octanol–water partition coefficient (Wildman–Crippen LogP) is -1.81. The summed E-state index contributed by atoms with van der Waals surface area (Å²) < 4.78 is 1.48. The maximum absolute atomic E-state index is 11.7. The molecule has 1 aliphatic heterocycles. The minimum absolute atomic E-state index is 0.00169. The van der Waals surface area contributed by atoms with Crippen molar-refractivity contribution in [2.45, 2.75) is 13.1 Å². The summed E-state index contributed by atoms with van der Waals surface area (Å²) in [6, 6.07) is 0. The number of rotatable bonds is 4. The van der Waals surface area contributed by atoms with Crippen molar-refractivity contribution in [1.29, 1.82) is 0 Å². The second kappa shape index (κ2) is 4.58. The van der Waals surface area contributed by atoms with Crippen LogP contribution in [0.4, 0.5) is 0 Å². The van der Waals surface area contributed by atoms with Crippen LogP contribution in [0.3, 0.4) is 0 Å². The summed E-state index contributed by atoms with van der Waals surface area (Å²) in [6.07, 6.45) is 1.67. The monoisotopic (exact) mass is 225 g/mol. The Kier molecular flexibility index (Phi) is 3.16. The zero-order valence-corrected chi connectivity index (χ0v) is 8.91. The van der Waals surface area contributed by atoms with Crippen molar-refractivity contribution in [3.8, 4) is 0 Å². The molecule has 0 bridgehead atoms. The third kappa shape index (κ3) is 2.20. The van der Waals surface area contributed by atoms with E-state index in [0.29, 0.717) is 25.3 Å².